The first-order valence-corrected chi connectivity index (χ1v) is 9.47. The van der Waals surface area contributed by atoms with Gasteiger partial charge in [-0.3, -0.25) is 4.98 Å². The fourth-order valence-electron chi connectivity index (χ4n) is 7.94. The Bertz CT molecular complexity index is 1060. The minimum Gasteiger partial charge on any atom is -0.372 e. The highest BCUT2D eigenvalue weighted by atomic mass is 16.5. The van der Waals surface area contributed by atoms with Gasteiger partial charge in [-0.15, -0.1) is 0 Å². The van der Waals surface area contributed by atoms with Gasteiger partial charge in [-0.2, -0.15) is 0 Å². The maximum absolute atomic E-state index is 6.48. The van der Waals surface area contributed by atoms with Gasteiger partial charge in [-0.1, -0.05) is 60.7 Å². The summed E-state index contributed by atoms with van der Waals surface area (Å²) in [5, 5.41) is 0. The molecule has 2 heteroatoms. The SMILES string of the molecule is COC12c3ccccc3C3C4C1C4(c1cccnc1)C32c1ccccc1. The van der Waals surface area contributed by atoms with E-state index in [1.807, 2.05) is 13.3 Å². The van der Waals surface area contributed by atoms with E-state index in [-0.39, 0.29) is 16.4 Å². The summed E-state index contributed by atoms with van der Waals surface area (Å²) in [6.07, 6.45) is 3.98. The Kier molecular flexibility index (Phi) is 2.08. The fraction of sp³-hybridized carbons (Fsp3) is 0.292. The van der Waals surface area contributed by atoms with Crippen LogP contribution in [0.25, 0.3) is 0 Å². The lowest BCUT2D eigenvalue weighted by Crippen LogP contribution is -2.70. The second-order valence-corrected chi connectivity index (χ2v) is 8.29. The van der Waals surface area contributed by atoms with Crippen molar-refractivity contribution in [3.8, 4) is 0 Å². The Morgan fingerprint density at radius 3 is 2.42 bits per heavy atom. The van der Waals surface area contributed by atoms with Gasteiger partial charge in [0, 0.05) is 42.2 Å². The maximum atomic E-state index is 6.48. The van der Waals surface area contributed by atoms with Crippen LogP contribution in [-0.2, 0) is 21.2 Å². The van der Waals surface area contributed by atoms with E-state index in [4.69, 9.17) is 4.74 Å². The van der Waals surface area contributed by atoms with Crippen LogP contribution in [0.1, 0.15) is 28.2 Å². The first kappa shape index (κ1) is 13.7. The molecule has 3 aromatic rings. The Morgan fingerprint density at radius 1 is 0.885 bits per heavy atom. The van der Waals surface area contributed by atoms with Crippen molar-refractivity contribution in [1.82, 2.24) is 4.98 Å². The Hall–Kier alpha value is -2.45. The first-order chi connectivity index (χ1) is 12.9. The summed E-state index contributed by atoms with van der Waals surface area (Å²) < 4.78 is 6.48. The summed E-state index contributed by atoms with van der Waals surface area (Å²) in [5.41, 5.74) is 5.79. The lowest BCUT2D eigenvalue weighted by Gasteiger charge is -2.65. The molecule has 2 aromatic carbocycles. The van der Waals surface area contributed by atoms with Crippen LogP contribution in [0.4, 0.5) is 0 Å². The third-order valence-electron chi connectivity index (χ3n) is 8.15. The molecule has 4 aliphatic rings. The predicted octanol–water partition coefficient (Wildman–Crippen LogP) is 4.17. The number of rotatable bonds is 3. The van der Waals surface area contributed by atoms with Crippen molar-refractivity contribution in [1.29, 1.82) is 0 Å². The Labute approximate surface area is 152 Å². The quantitative estimate of drug-likeness (QED) is 0.716. The van der Waals surface area contributed by atoms with Crippen LogP contribution in [0.15, 0.2) is 79.1 Å². The van der Waals surface area contributed by atoms with Crippen molar-refractivity contribution in [3.05, 3.63) is 101 Å². The van der Waals surface area contributed by atoms with Crippen LogP contribution >= 0.6 is 0 Å². The number of ether oxygens (including phenoxy) is 1. The molecule has 1 heterocycles. The number of pyridine rings is 1. The molecule has 0 radical (unpaired) electrons. The largest absolute Gasteiger partial charge is 0.372 e. The van der Waals surface area contributed by atoms with Crippen LogP contribution < -0.4 is 0 Å². The van der Waals surface area contributed by atoms with Gasteiger partial charge in [0.05, 0.1) is 0 Å². The molecule has 6 atom stereocenters. The summed E-state index contributed by atoms with van der Waals surface area (Å²) >= 11 is 0. The minimum absolute atomic E-state index is 0.0120. The smallest absolute Gasteiger partial charge is 0.108 e. The molecule has 4 aliphatic carbocycles. The van der Waals surface area contributed by atoms with Gasteiger partial charge in [-0.05, 0) is 34.2 Å². The van der Waals surface area contributed by atoms with E-state index in [0.29, 0.717) is 17.8 Å². The van der Waals surface area contributed by atoms with Gasteiger partial charge >= 0.3 is 0 Å². The zero-order chi connectivity index (χ0) is 17.1. The van der Waals surface area contributed by atoms with Crippen LogP contribution in [-0.4, -0.2) is 12.1 Å². The molecule has 0 bridgehead atoms. The molecule has 3 saturated carbocycles. The second-order valence-electron chi connectivity index (χ2n) is 8.29. The number of hydrogen-bond acceptors (Lipinski definition) is 2. The summed E-state index contributed by atoms with van der Waals surface area (Å²) in [6, 6.07) is 24.5. The van der Waals surface area contributed by atoms with Crippen LogP contribution in [0.3, 0.4) is 0 Å². The van der Waals surface area contributed by atoms with E-state index in [2.05, 4.69) is 77.9 Å². The molecule has 0 saturated heterocycles. The molecule has 3 fully saturated rings. The molecule has 0 spiro atoms. The normalized spacial score (nSPS) is 42.3. The number of hydrogen-bond donors (Lipinski definition) is 0. The van der Waals surface area contributed by atoms with Crippen LogP contribution in [0.5, 0.6) is 0 Å². The van der Waals surface area contributed by atoms with Crippen molar-refractivity contribution >= 4 is 0 Å². The second kappa shape index (κ2) is 3.94. The van der Waals surface area contributed by atoms with E-state index >= 15 is 0 Å². The lowest BCUT2D eigenvalue weighted by atomic mass is 9.39. The number of fused-ring (bicyclic) bond motifs is 6. The summed E-state index contributed by atoms with van der Waals surface area (Å²) in [5.74, 6) is 1.82. The highest BCUT2D eigenvalue weighted by Gasteiger charge is 3.08. The van der Waals surface area contributed by atoms with Crippen molar-refractivity contribution in [2.45, 2.75) is 22.3 Å². The monoisotopic (exact) mass is 337 g/mol. The predicted molar refractivity (Wildman–Crippen MR) is 98.9 cm³/mol. The molecule has 2 nitrogen and oxygen atoms in total. The van der Waals surface area contributed by atoms with Gasteiger partial charge in [0.15, 0.2) is 0 Å². The van der Waals surface area contributed by atoms with E-state index in [1.54, 1.807) is 0 Å². The highest BCUT2D eigenvalue weighted by molar-refractivity contribution is 5.79. The molecule has 1 aromatic heterocycles. The molecular formula is C24H19NO. The molecule has 0 aliphatic heterocycles. The molecule has 126 valence electrons. The van der Waals surface area contributed by atoms with E-state index in [9.17, 15) is 0 Å². The van der Waals surface area contributed by atoms with Gasteiger partial charge in [0.2, 0.25) is 0 Å². The molecule has 0 N–H and O–H groups in total. The standard InChI is InChI=1S/C24H19NO/c1-26-24-18-12-6-5-11-17(18)19-20-21(24)22(20,16-10-7-13-25-14-16)23(19,24)15-8-3-2-4-9-15/h2-14,19-21H,1H3. The minimum atomic E-state index is -0.184. The summed E-state index contributed by atoms with van der Waals surface area (Å²) in [4.78, 5) is 4.47. The van der Waals surface area contributed by atoms with Gasteiger partial charge in [0.25, 0.3) is 0 Å². The highest BCUT2D eigenvalue weighted by Crippen LogP contribution is 3.05. The molecule has 6 unspecified atom stereocenters. The average molecular weight is 337 g/mol. The molecule has 0 amide bonds. The fourth-order valence-corrected chi connectivity index (χ4v) is 7.94. The van der Waals surface area contributed by atoms with Gasteiger partial charge in [0.1, 0.15) is 5.60 Å². The molecule has 26 heavy (non-hydrogen) atoms. The van der Waals surface area contributed by atoms with E-state index in [1.165, 1.54) is 22.3 Å². The van der Waals surface area contributed by atoms with Crippen molar-refractivity contribution in [2.75, 3.05) is 7.11 Å². The number of benzene rings is 2. The van der Waals surface area contributed by atoms with Crippen molar-refractivity contribution in [3.63, 3.8) is 0 Å². The maximum Gasteiger partial charge on any atom is 0.108 e. The Morgan fingerprint density at radius 2 is 1.65 bits per heavy atom. The zero-order valence-corrected chi connectivity index (χ0v) is 14.6. The molecular weight excluding hydrogens is 318 g/mol. The third kappa shape index (κ3) is 0.956. The van der Waals surface area contributed by atoms with Gasteiger partial charge in [-0.25, -0.2) is 0 Å². The summed E-state index contributed by atoms with van der Waals surface area (Å²) in [7, 11) is 1.92. The van der Waals surface area contributed by atoms with Crippen LogP contribution in [0, 0.1) is 11.8 Å². The topological polar surface area (TPSA) is 22.1 Å². The number of nitrogens with zero attached hydrogens (tertiary/aromatic N) is 1. The lowest BCUT2D eigenvalue weighted by molar-refractivity contribution is -0.173. The average Bonchev–Trinajstić information content (AvgIpc) is 3.06. The third-order valence-corrected chi connectivity index (χ3v) is 8.15. The first-order valence-electron chi connectivity index (χ1n) is 9.47. The van der Waals surface area contributed by atoms with Crippen molar-refractivity contribution < 1.29 is 4.74 Å². The van der Waals surface area contributed by atoms with Crippen LogP contribution in [0.2, 0.25) is 0 Å². The molecule has 7 rings (SSSR count). The van der Waals surface area contributed by atoms with E-state index < -0.39 is 0 Å². The Balaban J connectivity index is 1.57. The zero-order valence-electron chi connectivity index (χ0n) is 14.6. The van der Waals surface area contributed by atoms with Crippen molar-refractivity contribution in [2.24, 2.45) is 11.8 Å². The van der Waals surface area contributed by atoms with Gasteiger partial charge < -0.3 is 4.74 Å². The van der Waals surface area contributed by atoms with E-state index in [0.717, 1.165) is 0 Å². The number of aromatic nitrogens is 1. The number of methoxy groups -OCH3 is 1. The summed E-state index contributed by atoms with van der Waals surface area (Å²) in [6.45, 7) is 0.